The molecule has 0 aliphatic carbocycles. The third-order valence-corrected chi connectivity index (χ3v) is 4.16. The maximum absolute atomic E-state index is 13.2. The lowest BCUT2D eigenvalue weighted by molar-refractivity contribution is 0.102. The second-order valence-electron chi connectivity index (χ2n) is 6.18. The number of benzene rings is 1. The molecule has 0 radical (unpaired) electrons. The summed E-state index contributed by atoms with van der Waals surface area (Å²) in [5, 5.41) is 7.24. The van der Waals surface area contributed by atoms with E-state index in [9.17, 15) is 9.18 Å². The lowest BCUT2D eigenvalue weighted by Crippen LogP contribution is -2.14. The van der Waals surface area contributed by atoms with Crippen molar-refractivity contribution in [2.24, 2.45) is 0 Å². The quantitative estimate of drug-likeness (QED) is 0.588. The van der Waals surface area contributed by atoms with E-state index in [0.717, 1.165) is 5.56 Å². The van der Waals surface area contributed by atoms with Crippen LogP contribution in [-0.2, 0) is 0 Å². The van der Waals surface area contributed by atoms with Crippen molar-refractivity contribution in [1.82, 2.24) is 15.1 Å². The molecule has 1 amide bonds. The zero-order valence-corrected chi connectivity index (χ0v) is 14.7. The molecule has 0 atom stereocenters. The van der Waals surface area contributed by atoms with Crippen LogP contribution >= 0.6 is 0 Å². The average molecular weight is 362 g/mol. The number of pyridine rings is 2. The van der Waals surface area contributed by atoms with E-state index in [1.54, 1.807) is 37.4 Å². The Hall–Kier alpha value is -3.61. The van der Waals surface area contributed by atoms with Crippen LogP contribution in [0.1, 0.15) is 21.6 Å². The second-order valence-corrected chi connectivity index (χ2v) is 6.18. The maximum atomic E-state index is 13.2. The Balaban J connectivity index is 1.81. The van der Waals surface area contributed by atoms with E-state index in [4.69, 9.17) is 4.52 Å². The van der Waals surface area contributed by atoms with Gasteiger partial charge in [0.05, 0.1) is 22.3 Å². The minimum absolute atomic E-state index is 0.247. The molecule has 134 valence electrons. The molecule has 3 heterocycles. The van der Waals surface area contributed by atoms with E-state index in [1.807, 2.05) is 13.0 Å². The first-order valence-electron chi connectivity index (χ1n) is 8.28. The fourth-order valence-corrected chi connectivity index (χ4v) is 2.83. The third-order valence-electron chi connectivity index (χ3n) is 4.16. The Morgan fingerprint density at radius 1 is 1.11 bits per heavy atom. The standard InChI is InChI=1S/C20H15FN4O2/c1-11-7-8-22-17(9-11)24-19(26)15-10-16(13-3-5-14(21)6-4-13)23-20-18(15)12(2)25-27-20/h3-10H,1-2H3,(H,22,24,26). The Morgan fingerprint density at radius 3 is 2.63 bits per heavy atom. The molecule has 6 nitrogen and oxygen atoms in total. The maximum Gasteiger partial charge on any atom is 0.259 e. The molecule has 0 spiro atoms. The summed E-state index contributed by atoms with van der Waals surface area (Å²) in [6, 6.07) is 11.1. The molecule has 0 aliphatic rings. The van der Waals surface area contributed by atoms with E-state index in [-0.39, 0.29) is 17.4 Å². The van der Waals surface area contributed by atoms with Crippen LogP contribution in [-0.4, -0.2) is 21.0 Å². The molecule has 1 aromatic carbocycles. The number of nitrogens with zero attached hydrogens (tertiary/aromatic N) is 3. The number of anilines is 1. The van der Waals surface area contributed by atoms with Gasteiger partial charge < -0.3 is 9.84 Å². The summed E-state index contributed by atoms with van der Waals surface area (Å²) in [6.07, 6.45) is 1.63. The van der Waals surface area contributed by atoms with Gasteiger partial charge >= 0.3 is 0 Å². The number of amides is 1. The van der Waals surface area contributed by atoms with Crippen molar-refractivity contribution in [3.8, 4) is 11.3 Å². The molecule has 0 fully saturated rings. The number of fused-ring (bicyclic) bond motifs is 1. The Bertz CT molecular complexity index is 1150. The number of carbonyl (C=O) groups is 1. The van der Waals surface area contributed by atoms with Crippen LogP contribution in [0.15, 0.2) is 53.2 Å². The van der Waals surface area contributed by atoms with Crippen molar-refractivity contribution in [3.05, 3.63) is 71.3 Å². The van der Waals surface area contributed by atoms with Gasteiger partial charge in [-0.15, -0.1) is 0 Å². The van der Waals surface area contributed by atoms with Gasteiger partial charge in [-0.2, -0.15) is 0 Å². The van der Waals surface area contributed by atoms with E-state index in [0.29, 0.717) is 33.7 Å². The highest BCUT2D eigenvalue weighted by molar-refractivity contribution is 6.12. The molecule has 0 aliphatic heterocycles. The Morgan fingerprint density at radius 2 is 1.89 bits per heavy atom. The van der Waals surface area contributed by atoms with E-state index < -0.39 is 0 Å². The van der Waals surface area contributed by atoms with Gasteiger partial charge in [-0.1, -0.05) is 5.16 Å². The summed E-state index contributed by atoms with van der Waals surface area (Å²) in [5.41, 5.74) is 3.30. The number of hydrogen-bond donors (Lipinski definition) is 1. The molecule has 4 aromatic rings. The van der Waals surface area contributed by atoms with Gasteiger partial charge in [0.15, 0.2) is 0 Å². The SMILES string of the molecule is Cc1ccnc(NC(=O)c2cc(-c3ccc(F)cc3)nc3onc(C)c23)c1. The molecule has 7 heteroatoms. The summed E-state index contributed by atoms with van der Waals surface area (Å²) >= 11 is 0. The van der Waals surface area contributed by atoms with Crippen LogP contribution in [0.25, 0.3) is 22.4 Å². The molecular weight excluding hydrogens is 347 g/mol. The van der Waals surface area contributed by atoms with Crippen LogP contribution in [0.2, 0.25) is 0 Å². The van der Waals surface area contributed by atoms with Crippen molar-refractivity contribution in [2.75, 3.05) is 5.32 Å². The van der Waals surface area contributed by atoms with Gasteiger partial charge in [0.25, 0.3) is 11.6 Å². The zero-order valence-electron chi connectivity index (χ0n) is 14.7. The van der Waals surface area contributed by atoms with Crippen LogP contribution in [0.5, 0.6) is 0 Å². The largest absolute Gasteiger partial charge is 0.335 e. The van der Waals surface area contributed by atoms with Crippen molar-refractivity contribution < 1.29 is 13.7 Å². The highest BCUT2D eigenvalue weighted by atomic mass is 19.1. The number of rotatable bonds is 3. The van der Waals surface area contributed by atoms with E-state index in [2.05, 4.69) is 20.4 Å². The number of hydrogen-bond acceptors (Lipinski definition) is 5. The molecule has 0 saturated heterocycles. The summed E-state index contributed by atoms with van der Waals surface area (Å²) in [5.74, 6) is -0.253. The van der Waals surface area contributed by atoms with Gasteiger partial charge in [0.1, 0.15) is 11.6 Å². The number of carbonyl (C=O) groups excluding carboxylic acids is 1. The molecule has 0 unspecified atom stereocenters. The molecule has 0 bridgehead atoms. The smallest absolute Gasteiger partial charge is 0.259 e. The first-order valence-corrected chi connectivity index (χ1v) is 8.28. The third kappa shape index (κ3) is 3.27. The van der Waals surface area contributed by atoms with Gasteiger partial charge in [-0.25, -0.2) is 14.4 Å². The fraction of sp³-hybridized carbons (Fsp3) is 0.100. The monoisotopic (exact) mass is 362 g/mol. The first kappa shape index (κ1) is 16.8. The van der Waals surface area contributed by atoms with Gasteiger partial charge in [0, 0.05) is 11.8 Å². The highest BCUT2D eigenvalue weighted by Gasteiger charge is 2.20. The topological polar surface area (TPSA) is 80.9 Å². The van der Waals surface area contributed by atoms with E-state index >= 15 is 0 Å². The normalized spacial score (nSPS) is 10.9. The lowest BCUT2D eigenvalue weighted by atomic mass is 10.0. The van der Waals surface area contributed by atoms with Crippen molar-refractivity contribution in [3.63, 3.8) is 0 Å². The highest BCUT2D eigenvalue weighted by Crippen LogP contribution is 2.27. The molecule has 27 heavy (non-hydrogen) atoms. The summed E-state index contributed by atoms with van der Waals surface area (Å²) in [7, 11) is 0. The average Bonchev–Trinajstić information content (AvgIpc) is 3.03. The summed E-state index contributed by atoms with van der Waals surface area (Å²) in [4.78, 5) is 21.5. The van der Waals surface area contributed by atoms with Gasteiger partial charge in [-0.3, -0.25) is 4.79 Å². The van der Waals surface area contributed by atoms with Crippen LogP contribution in [0, 0.1) is 19.7 Å². The molecule has 0 saturated carbocycles. The van der Waals surface area contributed by atoms with Crippen molar-refractivity contribution in [1.29, 1.82) is 0 Å². The van der Waals surface area contributed by atoms with E-state index in [1.165, 1.54) is 12.1 Å². The number of aryl methyl sites for hydroxylation is 2. The molecule has 4 rings (SSSR count). The predicted molar refractivity (Wildman–Crippen MR) is 98.9 cm³/mol. The number of aromatic nitrogens is 3. The molecule has 1 N–H and O–H groups in total. The zero-order chi connectivity index (χ0) is 19.0. The molecular formula is C20H15FN4O2. The van der Waals surface area contributed by atoms with Crippen LogP contribution in [0.4, 0.5) is 10.2 Å². The van der Waals surface area contributed by atoms with Crippen molar-refractivity contribution >= 4 is 22.8 Å². The number of nitrogens with one attached hydrogen (secondary N) is 1. The Labute approximate surface area is 154 Å². The molecule has 3 aromatic heterocycles. The van der Waals surface area contributed by atoms with Crippen molar-refractivity contribution in [2.45, 2.75) is 13.8 Å². The van der Waals surface area contributed by atoms with Crippen LogP contribution < -0.4 is 5.32 Å². The minimum atomic E-state index is -0.352. The lowest BCUT2D eigenvalue weighted by Gasteiger charge is -2.08. The minimum Gasteiger partial charge on any atom is -0.335 e. The second kappa shape index (κ2) is 6.60. The predicted octanol–water partition coefficient (Wildman–Crippen LogP) is 4.29. The summed E-state index contributed by atoms with van der Waals surface area (Å²) < 4.78 is 18.5. The number of halogens is 1. The summed E-state index contributed by atoms with van der Waals surface area (Å²) in [6.45, 7) is 3.66. The van der Waals surface area contributed by atoms with Gasteiger partial charge in [-0.05, 0) is 61.9 Å². The fourth-order valence-electron chi connectivity index (χ4n) is 2.83. The van der Waals surface area contributed by atoms with Crippen LogP contribution in [0.3, 0.4) is 0 Å². The Kier molecular flexibility index (Phi) is 4.12. The van der Waals surface area contributed by atoms with Gasteiger partial charge in [0.2, 0.25) is 0 Å². The first-order chi connectivity index (χ1) is 13.0.